The Bertz CT molecular complexity index is 886. The number of nitrogens with one attached hydrogen (secondary N) is 1. The first kappa shape index (κ1) is 16.4. The molecule has 122 valence electrons. The van der Waals surface area contributed by atoms with Crippen LogP contribution in [-0.4, -0.2) is 24.2 Å². The molecule has 1 fully saturated rings. The molecule has 1 aliphatic heterocycles. The van der Waals surface area contributed by atoms with E-state index in [4.69, 9.17) is 16.0 Å². The van der Waals surface area contributed by atoms with Gasteiger partial charge in [-0.2, -0.15) is 0 Å². The minimum atomic E-state index is -0.548. The highest BCUT2D eigenvalue weighted by Crippen LogP contribution is 2.30. The summed E-state index contributed by atoms with van der Waals surface area (Å²) in [4.78, 5) is 34.6. The Morgan fingerprint density at radius 3 is 2.75 bits per heavy atom. The molecule has 6 nitrogen and oxygen atoms in total. The standard InChI is InChI=1S/C16H10ClNO5S/c1-22-15(20)10-6-8(2-4-11(10)17)12-5-3-9(23-12)7-13-14(19)18-16(21)24-13/h2-7H,1H3,(H,18,19,21)/b13-7+. The van der Waals surface area contributed by atoms with Crippen molar-refractivity contribution in [1.82, 2.24) is 5.32 Å². The molecule has 1 aliphatic rings. The number of ether oxygens (including phenoxy) is 1. The molecule has 1 N–H and O–H groups in total. The van der Waals surface area contributed by atoms with Gasteiger partial charge in [-0.1, -0.05) is 11.6 Å². The van der Waals surface area contributed by atoms with Gasteiger partial charge < -0.3 is 9.15 Å². The number of carbonyl (C=O) groups is 3. The van der Waals surface area contributed by atoms with Crippen molar-refractivity contribution in [3.8, 4) is 11.3 Å². The number of furan rings is 1. The zero-order chi connectivity index (χ0) is 17.3. The summed E-state index contributed by atoms with van der Waals surface area (Å²) >= 11 is 6.79. The monoisotopic (exact) mass is 363 g/mol. The van der Waals surface area contributed by atoms with Crippen LogP contribution in [0.1, 0.15) is 16.1 Å². The van der Waals surface area contributed by atoms with Crippen molar-refractivity contribution < 1.29 is 23.5 Å². The lowest BCUT2D eigenvalue weighted by Gasteiger charge is -2.04. The van der Waals surface area contributed by atoms with E-state index in [1.807, 2.05) is 0 Å². The van der Waals surface area contributed by atoms with Crippen LogP contribution >= 0.6 is 23.4 Å². The predicted octanol–water partition coefficient (Wildman–Crippen LogP) is 3.71. The smallest absolute Gasteiger partial charge is 0.339 e. The number of benzene rings is 1. The molecule has 1 aromatic heterocycles. The first-order valence-electron chi connectivity index (χ1n) is 6.71. The number of imide groups is 1. The lowest BCUT2D eigenvalue weighted by molar-refractivity contribution is -0.115. The molecule has 0 unspecified atom stereocenters. The summed E-state index contributed by atoms with van der Waals surface area (Å²) in [6.45, 7) is 0. The Morgan fingerprint density at radius 1 is 1.29 bits per heavy atom. The molecule has 1 saturated heterocycles. The third-order valence-corrected chi connectivity index (χ3v) is 4.34. The molecule has 3 rings (SSSR count). The fraction of sp³-hybridized carbons (Fsp3) is 0.0625. The number of thioether (sulfide) groups is 1. The molecule has 0 aliphatic carbocycles. The van der Waals surface area contributed by atoms with Crippen LogP contribution in [0.2, 0.25) is 5.02 Å². The van der Waals surface area contributed by atoms with Crippen molar-refractivity contribution in [2.75, 3.05) is 7.11 Å². The zero-order valence-corrected chi connectivity index (χ0v) is 13.9. The average molecular weight is 364 g/mol. The van der Waals surface area contributed by atoms with Gasteiger partial charge in [0, 0.05) is 11.6 Å². The number of hydrogen-bond acceptors (Lipinski definition) is 6. The highest BCUT2D eigenvalue weighted by atomic mass is 35.5. The van der Waals surface area contributed by atoms with Gasteiger partial charge >= 0.3 is 5.97 Å². The van der Waals surface area contributed by atoms with E-state index in [9.17, 15) is 14.4 Å². The highest BCUT2D eigenvalue weighted by Gasteiger charge is 2.25. The molecule has 8 heteroatoms. The van der Waals surface area contributed by atoms with Gasteiger partial charge in [-0.3, -0.25) is 14.9 Å². The molecule has 24 heavy (non-hydrogen) atoms. The number of methoxy groups -OCH3 is 1. The summed E-state index contributed by atoms with van der Waals surface area (Å²) in [7, 11) is 1.27. The Labute approximate surface area is 145 Å². The summed E-state index contributed by atoms with van der Waals surface area (Å²) in [6, 6.07) is 8.18. The molecular weight excluding hydrogens is 354 g/mol. The van der Waals surface area contributed by atoms with Crippen LogP contribution in [0.3, 0.4) is 0 Å². The average Bonchev–Trinajstić information content (AvgIpc) is 3.14. The Balaban J connectivity index is 1.91. The number of halogens is 1. The maximum atomic E-state index is 11.7. The summed E-state index contributed by atoms with van der Waals surface area (Å²) in [5.74, 6) is -0.110. The van der Waals surface area contributed by atoms with E-state index in [2.05, 4.69) is 10.1 Å². The minimum Gasteiger partial charge on any atom is -0.465 e. The van der Waals surface area contributed by atoms with Crippen LogP contribution in [0.5, 0.6) is 0 Å². The normalized spacial score (nSPS) is 15.7. The van der Waals surface area contributed by atoms with E-state index in [1.54, 1.807) is 30.3 Å². The Morgan fingerprint density at radius 2 is 2.08 bits per heavy atom. The van der Waals surface area contributed by atoms with E-state index in [0.29, 0.717) is 17.1 Å². The zero-order valence-electron chi connectivity index (χ0n) is 12.3. The van der Waals surface area contributed by atoms with Crippen LogP contribution in [0, 0.1) is 0 Å². The van der Waals surface area contributed by atoms with E-state index in [1.165, 1.54) is 13.2 Å². The van der Waals surface area contributed by atoms with Gasteiger partial charge in [0.1, 0.15) is 11.5 Å². The fourth-order valence-electron chi connectivity index (χ4n) is 2.08. The summed E-state index contributed by atoms with van der Waals surface area (Å²) in [5.41, 5.74) is 0.855. The largest absolute Gasteiger partial charge is 0.465 e. The molecule has 2 amide bonds. The molecule has 0 bridgehead atoms. The van der Waals surface area contributed by atoms with Crippen LogP contribution < -0.4 is 5.32 Å². The number of esters is 1. The maximum absolute atomic E-state index is 11.7. The summed E-state index contributed by atoms with van der Waals surface area (Å²) < 4.78 is 10.3. The van der Waals surface area contributed by atoms with E-state index >= 15 is 0 Å². The molecule has 2 heterocycles. The van der Waals surface area contributed by atoms with E-state index in [0.717, 1.165) is 11.8 Å². The van der Waals surface area contributed by atoms with Crippen LogP contribution in [-0.2, 0) is 9.53 Å². The van der Waals surface area contributed by atoms with Crippen molar-refractivity contribution >= 4 is 46.6 Å². The van der Waals surface area contributed by atoms with Gasteiger partial charge in [-0.25, -0.2) is 4.79 Å². The first-order valence-corrected chi connectivity index (χ1v) is 7.90. The quantitative estimate of drug-likeness (QED) is 0.661. The highest BCUT2D eigenvalue weighted by molar-refractivity contribution is 8.18. The Hall–Kier alpha value is -2.51. The predicted molar refractivity (Wildman–Crippen MR) is 89.6 cm³/mol. The summed E-state index contributed by atoms with van der Waals surface area (Å²) in [5, 5.41) is 2.02. The Kier molecular flexibility index (Phi) is 4.46. The molecule has 2 aromatic rings. The third kappa shape index (κ3) is 3.22. The van der Waals surface area contributed by atoms with Gasteiger partial charge in [0.05, 0.1) is 22.6 Å². The van der Waals surface area contributed by atoms with Gasteiger partial charge in [0.2, 0.25) is 0 Å². The minimum absolute atomic E-state index is 0.226. The third-order valence-electron chi connectivity index (χ3n) is 3.20. The second-order valence-electron chi connectivity index (χ2n) is 4.74. The lowest BCUT2D eigenvalue weighted by Crippen LogP contribution is -2.17. The number of amides is 2. The second kappa shape index (κ2) is 6.54. The number of rotatable bonds is 3. The van der Waals surface area contributed by atoms with Gasteiger partial charge in [0.15, 0.2) is 0 Å². The molecule has 1 aromatic carbocycles. The van der Waals surface area contributed by atoms with Crippen LogP contribution in [0.25, 0.3) is 17.4 Å². The molecule has 0 saturated carbocycles. The van der Waals surface area contributed by atoms with Gasteiger partial charge in [-0.15, -0.1) is 0 Å². The number of hydrogen-bond donors (Lipinski definition) is 1. The number of carbonyl (C=O) groups excluding carboxylic acids is 3. The molecular formula is C16H10ClNO5S. The molecule has 0 radical (unpaired) electrons. The van der Waals surface area contributed by atoms with Crippen LogP contribution in [0.4, 0.5) is 4.79 Å². The van der Waals surface area contributed by atoms with E-state index in [-0.39, 0.29) is 15.5 Å². The maximum Gasteiger partial charge on any atom is 0.339 e. The van der Waals surface area contributed by atoms with Crippen molar-refractivity contribution in [1.29, 1.82) is 0 Å². The second-order valence-corrected chi connectivity index (χ2v) is 6.16. The van der Waals surface area contributed by atoms with Crippen LogP contribution in [0.15, 0.2) is 39.7 Å². The topological polar surface area (TPSA) is 85.6 Å². The molecule has 0 spiro atoms. The van der Waals surface area contributed by atoms with Crippen molar-refractivity contribution in [3.63, 3.8) is 0 Å². The van der Waals surface area contributed by atoms with Crippen molar-refractivity contribution in [2.24, 2.45) is 0 Å². The first-order chi connectivity index (χ1) is 11.5. The van der Waals surface area contributed by atoms with Gasteiger partial charge in [-0.05, 0) is 42.1 Å². The fourth-order valence-corrected chi connectivity index (χ4v) is 2.94. The molecule has 0 atom stereocenters. The van der Waals surface area contributed by atoms with Gasteiger partial charge in [0.25, 0.3) is 11.1 Å². The lowest BCUT2D eigenvalue weighted by atomic mass is 10.1. The SMILES string of the molecule is COC(=O)c1cc(-c2ccc(/C=C3/SC(=O)NC3=O)o2)ccc1Cl. The van der Waals surface area contributed by atoms with E-state index < -0.39 is 17.1 Å². The van der Waals surface area contributed by atoms with Crippen molar-refractivity contribution in [2.45, 2.75) is 0 Å². The summed E-state index contributed by atoms with van der Waals surface area (Å²) in [6.07, 6.45) is 1.48. The van der Waals surface area contributed by atoms with Crippen molar-refractivity contribution in [3.05, 3.63) is 51.6 Å².